The summed E-state index contributed by atoms with van der Waals surface area (Å²) >= 11 is 6.01. The summed E-state index contributed by atoms with van der Waals surface area (Å²) < 4.78 is 58.5. The number of hydrogen-bond donors (Lipinski definition) is 1. The van der Waals surface area contributed by atoms with Gasteiger partial charge in [0.2, 0.25) is 0 Å². The second kappa shape index (κ2) is 10.2. The Labute approximate surface area is 198 Å². The van der Waals surface area contributed by atoms with Crippen molar-refractivity contribution in [1.82, 2.24) is 9.80 Å². The predicted molar refractivity (Wildman–Crippen MR) is 120 cm³/mol. The van der Waals surface area contributed by atoms with Crippen LogP contribution >= 0.6 is 24.0 Å². The fourth-order valence-corrected chi connectivity index (χ4v) is 3.87. The van der Waals surface area contributed by atoms with Gasteiger partial charge in [0.1, 0.15) is 17.2 Å². The molecular weight excluding hydrogens is 485 g/mol. The molecule has 1 aliphatic rings. The number of rotatable bonds is 3. The first-order valence-corrected chi connectivity index (χ1v) is 10.4. The summed E-state index contributed by atoms with van der Waals surface area (Å²) in [6, 6.07) is 8.62. The first-order valence-electron chi connectivity index (χ1n) is 10.0. The van der Waals surface area contributed by atoms with E-state index in [1.807, 2.05) is 18.2 Å². The molecule has 3 aromatic rings. The number of urea groups is 1. The molecule has 11 heteroatoms. The van der Waals surface area contributed by atoms with Gasteiger partial charge in [-0.3, -0.25) is 4.90 Å². The Morgan fingerprint density at radius 1 is 1.06 bits per heavy atom. The number of hydrogen-bond acceptors (Lipinski definition) is 3. The van der Waals surface area contributed by atoms with Crippen molar-refractivity contribution < 1.29 is 26.8 Å². The van der Waals surface area contributed by atoms with Gasteiger partial charge in [-0.1, -0.05) is 11.6 Å². The summed E-state index contributed by atoms with van der Waals surface area (Å²) in [6.45, 7) is 2.54. The third-order valence-corrected chi connectivity index (χ3v) is 5.55. The first-order chi connectivity index (χ1) is 15.2. The average Bonchev–Trinajstić information content (AvgIpc) is 2.96. The molecule has 0 atom stereocenters. The Bertz CT molecular complexity index is 1140. The van der Waals surface area contributed by atoms with Crippen LogP contribution in [0.4, 0.5) is 28.0 Å². The van der Waals surface area contributed by atoms with E-state index in [0.29, 0.717) is 62.4 Å². The van der Waals surface area contributed by atoms with Crippen LogP contribution in [-0.2, 0) is 12.7 Å². The zero-order chi connectivity index (χ0) is 22.9. The number of nitrogens with zero attached hydrogens (tertiary/aromatic N) is 2. The molecule has 1 saturated heterocycles. The van der Waals surface area contributed by atoms with Crippen LogP contribution in [0.1, 0.15) is 17.7 Å². The van der Waals surface area contributed by atoms with E-state index >= 15 is 0 Å². The minimum Gasteiger partial charge on any atom is -0.460 e. The number of benzene rings is 2. The number of halogens is 6. The molecule has 33 heavy (non-hydrogen) atoms. The van der Waals surface area contributed by atoms with E-state index in [2.05, 4.69) is 10.2 Å². The third kappa shape index (κ3) is 6.10. The van der Waals surface area contributed by atoms with Gasteiger partial charge in [-0.05, 0) is 48.9 Å². The van der Waals surface area contributed by atoms with Crippen molar-refractivity contribution in [3.05, 3.63) is 64.6 Å². The van der Waals surface area contributed by atoms with Crippen LogP contribution in [0.2, 0.25) is 5.02 Å². The van der Waals surface area contributed by atoms with Crippen molar-refractivity contribution in [2.24, 2.45) is 0 Å². The molecule has 2 aromatic carbocycles. The lowest BCUT2D eigenvalue weighted by atomic mass is 10.2. The first kappa shape index (κ1) is 25.1. The number of carbonyl (C=O) groups excluding carboxylic acids is 1. The van der Waals surface area contributed by atoms with Crippen LogP contribution in [0.5, 0.6) is 0 Å². The molecule has 0 saturated carbocycles. The van der Waals surface area contributed by atoms with E-state index in [-0.39, 0.29) is 12.4 Å². The van der Waals surface area contributed by atoms with Gasteiger partial charge in [-0.25, -0.2) is 9.18 Å². The molecule has 0 aliphatic carbocycles. The van der Waals surface area contributed by atoms with Crippen LogP contribution in [-0.4, -0.2) is 42.0 Å². The van der Waals surface area contributed by atoms with Gasteiger partial charge in [0.25, 0.3) is 0 Å². The second-order valence-electron chi connectivity index (χ2n) is 7.63. The quantitative estimate of drug-likeness (QED) is 0.418. The maximum Gasteiger partial charge on any atom is 0.416 e. The largest absolute Gasteiger partial charge is 0.460 e. The predicted octanol–water partition coefficient (Wildman–Crippen LogP) is 6.41. The number of amides is 2. The van der Waals surface area contributed by atoms with Gasteiger partial charge in [-0.15, -0.1) is 12.4 Å². The maximum absolute atomic E-state index is 14.0. The third-order valence-electron chi connectivity index (χ3n) is 5.32. The van der Waals surface area contributed by atoms with Crippen molar-refractivity contribution >= 4 is 46.7 Å². The molecule has 5 nitrogen and oxygen atoms in total. The average molecular weight is 506 g/mol. The summed E-state index contributed by atoms with van der Waals surface area (Å²) in [5, 5.41) is 3.80. The highest BCUT2D eigenvalue weighted by molar-refractivity contribution is 6.31. The lowest BCUT2D eigenvalue weighted by molar-refractivity contribution is -0.137. The van der Waals surface area contributed by atoms with Crippen LogP contribution in [0.3, 0.4) is 0 Å². The molecule has 0 spiro atoms. The molecule has 1 N–H and O–H groups in total. The van der Waals surface area contributed by atoms with Crippen molar-refractivity contribution in [3.63, 3.8) is 0 Å². The summed E-state index contributed by atoms with van der Waals surface area (Å²) in [4.78, 5) is 16.2. The fourth-order valence-electron chi connectivity index (χ4n) is 3.69. The van der Waals surface area contributed by atoms with Crippen LogP contribution < -0.4 is 5.32 Å². The Hall–Kier alpha value is -2.49. The minimum atomic E-state index is -4.63. The smallest absolute Gasteiger partial charge is 0.416 e. The molecule has 0 radical (unpaired) electrons. The summed E-state index contributed by atoms with van der Waals surface area (Å²) in [5.74, 6) is -0.154. The van der Waals surface area contributed by atoms with Gasteiger partial charge in [0, 0.05) is 36.6 Å². The van der Waals surface area contributed by atoms with E-state index in [1.54, 1.807) is 6.07 Å². The van der Waals surface area contributed by atoms with Gasteiger partial charge in [-0.2, -0.15) is 13.2 Å². The van der Waals surface area contributed by atoms with Crippen molar-refractivity contribution in [1.29, 1.82) is 0 Å². The lowest BCUT2D eigenvalue weighted by Gasteiger charge is -2.22. The van der Waals surface area contributed by atoms with Gasteiger partial charge >= 0.3 is 12.2 Å². The number of nitrogens with one attached hydrogen (secondary N) is 1. The van der Waals surface area contributed by atoms with Crippen LogP contribution in [0, 0.1) is 5.82 Å². The number of furan rings is 1. The minimum absolute atomic E-state index is 0. The van der Waals surface area contributed by atoms with E-state index < -0.39 is 29.3 Å². The van der Waals surface area contributed by atoms with Crippen LogP contribution in [0.25, 0.3) is 11.0 Å². The van der Waals surface area contributed by atoms with Gasteiger partial charge < -0.3 is 14.6 Å². The molecule has 0 unspecified atom stereocenters. The molecule has 1 aromatic heterocycles. The SMILES string of the molecule is Cl.O=C(Nc1cc(C(F)(F)F)ccc1F)N1CCCN(Cc2cc3cc(Cl)ccc3o2)CC1. The monoisotopic (exact) mass is 505 g/mol. The summed E-state index contributed by atoms with van der Waals surface area (Å²) in [5.41, 5.74) is -0.779. The topological polar surface area (TPSA) is 48.7 Å². The zero-order valence-corrected chi connectivity index (χ0v) is 18.9. The van der Waals surface area contributed by atoms with Gasteiger partial charge in [0.05, 0.1) is 17.8 Å². The Morgan fingerprint density at radius 2 is 1.85 bits per heavy atom. The maximum atomic E-state index is 14.0. The highest BCUT2D eigenvalue weighted by Crippen LogP contribution is 2.32. The Kier molecular flexibility index (Phi) is 7.76. The summed E-state index contributed by atoms with van der Waals surface area (Å²) in [6.07, 6.45) is -3.97. The highest BCUT2D eigenvalue weighted by Gasteiger charge is 2.31. The fraction of sp³-hybridized carbons (Fsp3) is 0.318. The van der Waals surface area contributed by atoms with Crippen molar-refractivity contribution in [3.8, 4) is 0 Å². The molecule has 1 fully saturated rings. The number of anilines is 1. The highest BCUT2D eigenvalue weighted by atomic mass is 35.5. The van der Waals surface area contributed by atoms with Crippen molar-refractivity contribution in [2.45, 2.75) is 19.1 Å². The summed E-state index contributed by atoms with van der Waals surface area (Å²) in [7, 11) is 0. The molecule has 0 bridgehead atoms. The van der Waals surface area contributed by atoms with Gasteiger partial charge in [0.15, 0.2) is 0 Å². The standard InChI is InChI=1S/C22H20ClF4N3O2.ClH/c23-16-3-5-20-14(10-16)11-17(32-20)13-29-6-1-7-30(9-8-29)21(31)28-19-12-15(22(25,26)27)2-4-18(19)24;/h2-5,10-12H,1,6-9,13H2,(H,28,31);1H. The Balaban J connectivity index is 0.00000306. The molecule has 4 rings (SSSR count). The van der Waals surface area contributed by atoms with E-state index in [1.165, 1.54) is 4.90 Å². The second-order valence-corrected chi connectivity index (χ2v) is 8.07. The molecular formula is C22H21Cl2F4N3O2. The van der Waals surface area contributed by atoms with E-state index in [4.69, 9.17) is 16.0 Å². The molecule has 178 valence electrons. The molecule has 2 heterocycles. The number of alkyl halides is 3. The van der Waals surface area contributed by atoms with Crippen LogP contribution in [0.15, 0.2) is 46.9 Å². The number of fused-ring (bicyclic) bond motifs is 1. The molecule has 1 aliphatic heterocycles. The lowest BCUT2D eigenvalue weighted by Crippen LogP contribution is -2.38. The normalized spacial score (nSPS) is 15.2. The Morgan fingerprint density at radius 3 is 2.61 bits per heavy atom. The molecule has 2 amide bonds. The van der Waals surface area contributed by atoms with E-state index in [9.17, 15) is 22.4 Å². The zero-order valence-electron chi connectivity index (χ0n) is 17.3. The van der Waals surface area contributed by atoms with E-state index in [0.717, 1.165) is 16.7 Å². The van der Waals surface area contributed by atoms with Crippen molar-refractivity contribution in [2.75, 3.05) is 31.5 Å². The number of carbonyl (C=O) groups is 1.